The fraction of sp³-hybridized carbons (Fsp3) is 0.333. The van der Waals surface area contributed by atoms with Crippen molar-refractivity contribution in [2.45, 2.75) is 31.2 Å². The van der Waals surface area contributed by atoms with E-state index in [2.05, 4.69) is 11.9 Å². The molecule has 0 aliphatic heterocycles. The molecule has 3 nitrogen and oxygen atoms in total. The summed E-state index contributed by atoms with van der Waals surface area (Å²) in [5.74, 6) is 0.149. The number of imidazole rings is 1. The van der Waals surface area contributed by atoms with Crippen LogP contribution in [0, 0.1) is 13.8 Å². The van der Waals surface area contributed by atoms with Crippen LogP contribution in [0.1, 0.15) is 28.4 Å². The third-order valence-electron chi connectivity index (χ3n) is 3.22. The second-order valence-electron chi connectivity index (χ2n) is 4.74. The summed E-state index contributed by atoms with van der Waals surface area (Å²) in [4.78, 5) is 16.6. The standard InChI is InChI=1S/C15H18N2OS/c1-10-5-6-13(9-11(10)2)14(18)12(3)19-15-16-7-8-17(15)4/h5-9,12H,1-4H3/t12-/m1/s1. The highest BCUT2D eigenvalue weighted by molar-refractivity contribution is 8.00. The molecule has 19 heavy (non-hydrogen) atoms. The minimum atomic E-state index is -0.136. The summed E-state index contributed by atoms with van der Waals surface area (Å²) in [5.41, 5.74) is 3.14. The topological polar surface area (TPSA) is 34.9 Å². The maximum atomic E-state index is 12.4. The molecule has 0 saturated heterocycles. The number of benzene rings is 1. The molecule has 0 bridgehead atoms. The van der Waals surface area contributed by atoms with E-state index in [0.29, 0.717) is 0 Å². The van der Waals surface area contributed by atoms with Gasteiger partial charge in [-0.15, -0.1) is 0 Å². The molecule has 0 aliphatic rings. The lowest BCUT2D eigenvalue weighted by Crippen LogP contribution is -2.14. The summed E-state index contributed by atoms with van der Waals surface area (Å²) in [5, 5.41) is 0.730. The van der Waals surface area contributed by atoms with Crippen molar-refractivity contribution in [3.05, 3.63) is 47.3 Å². The van der Waals surface area contributed by atoms with E-state index in [1.807, 2.05) is 49.9 Å². The van der Waals surface area contributed by atoms with Crippen LogP contribution >= 0.6 is 11.8 Å². The molecule has 0 N–H and O–H groups in total. The highest BCUT2D eigenvalue weighted by Crippen LogP contribution is 2.24. The van der Waals surface area contributed by atoms with Crippen LogP contribution in [-0.4, -0.2) is 20.6 Å². The van der Waals surface area contributed by atoms with Crippen LogP contribution in [0.5, 0.6) is 0 Å². The lowest BCUT2D eigenvalue weighted by molar-refractivity contribution is 0.0994. The number of carbonyl (C=O) groups is 1. The van der Waals surface area contributed by atoms with Gasteiger partial charge in [0.1, 0.15) is 0 Å². The van der Waals surface area contributed by atoms with Crippen LogP contribution in [0.3, 0.4) is 0 Å². The molecular formula is C15H18N2OS. The fourth-order valence-electron chi connectivity index (χ4n) is 1.81. The van der Waals surface area contributed by atoms with Gasteiger partial charge in [0, 0.05) is 25.0 Å². The third-order valence-corrected chi connectivity index (χ3v) is 4.39. The van der Waals surface area contributed by atoms with E-state index < -0.39 is 0 Å². The summed E-state index contributed by atoms with van der Waals surface area (Å²) in [7, 11) is 1.93. The fourth-order valence-corrected chi connectivity index (χ4v) is 2.71. The van der Waals surface area contributed by atoms with Crippen LogP contribution in [0.25, 0.3) is 0 Å². The monoisotopic (exact) mass is 274 g/mol. The molecule has 0 amide bonds. The Balaban J connectivity index is 2.15. The Morgan fingerprint density at radius 3 is 2.63 bits per heavy atom. The summed E-state index contributed by atoms with van der Waals surface area (Å²) in [6, 6.07) is 5.87. The van der Waals surface area contributed by atoms with Gasteiger partial charge in [0.05, 0.1) is 5.25 Å². The maximum absolute atomic E-state index is 12.4. The smallest absolute Gasteiger partial charge is 0.176 e. The first-order valence-electron chi connectivity index (χ1n) is 6.24. The first-order valence-corrected chi connectivity index (χ1v) is 7.12. The van der Waals surface area contributed by atoms with Crippen molar-refractivity contribution in [2.75, 3.05) is 0 Å². The largest absolute Gasteiger partial charge is 0.329 e. The Morgan fingerprint density at radius 2 is 2.05 bits per heavy atom. The van der Waals surface area contributed by atoms with Gasteiger partial charge in [0.25, 0.3) is 0 Å². The number of hydrogen-bond donors (Lipinski definition) is 0. The zero-order valence-electron chi connectivity index (χ0n) is 11.7. The molecule has 1 heterocycles. The van der Waals surface area contributed by atoms with Crippen molar-refractivity contribution in [2.24, 2.45) is 7.05 Å². The Hall–Kier alpha value is -1.55. The Morgan fingerprint density at radius 1 is 1.32 bits per heavy atom. The molecule has 0 saturated carbocycles. The van der Waals surface area contributed by atoms with Gasteiger partial charge in [0.2, 0.25) is 0 Å². The summed E-state index contributed by atoms with van der Waals surface area (Å²) in [6.07, 6.45) is 3.63. The van der Waals surface area contributed by atoms with Gasteiger partial charge in [-0.2, -0.15) is 0 Å². The molecule has 0 fully saturated rings. The van der Waals surface area contributed by atoms with E-state index in [0.717, 1.165) is 16.3 Å². The molecule has 1 atom stereocenters. The summed E-state index contributed by atoms with van der Waals surface area (Å²) in [6.45, 7) is 6.01. The van der Waals surface area contributed by atoms with E-state index >= 15 is 0 Å². The molecule has 4 heteroatoms. The minimum absolute atomic E-state index is 0.136. The molecular weight excluding hydrogens is 256 g/mol. The van der Waals surface area contributed by atoms with Gasteiger partial charge in [-0.25, -0.2) is 4.98 Å². The number of Topliss-reactive ketones (excluding diaryl/α,β-unsaturated/α-hetero) is 1. The first kappa shape index (κ1) is 13.9. The Kier molecular flexibility index (Phi) is 4.10. The van der Waals surface area contributed by atoms with Crippen molar-refractivity contribution >= 4 is 17.5 Å². The Bertz CT molecular complexity index is 604. The average Bonchev–Trinajstić information content (AvgIpc) is 2.77. The van der Waals surface area contributed by atoms with Crippen LogP contribution in [0.15, 0.2) is 35.7 Å². The second-order valence-corrected chi connectivity index (χ2v) is 6.05. The molecule has 0 radical (unpaired) electrons. The molecule has 2 rings (SSSR count). The molecule has 2 aromatic rings. The van der Waals surface area contributed by atoms with Crippen molar-refractivity contribution in [3.63, 3.8) is 0 Å². The van der Waals surface area contributed by atoms with Gasteiger partial charge in [-0.05, 0) is 38.0 Å². The van der Waals surface area contributed by atoms with E-state index in [1.165, 1.54) is 17.3 Å². The third kappa shape index (κ3) is 3.07. The van der Waals surface area contributed by atoms with Gasteiger partial charge < -0.3 is 4.57 Å². The first-order chi connectivity index (χ1) is 8.99. The Labute approximate surface area is 118 Å². The van der Waals surface area contributed by atoms with Crippen LogP contribution in [0.4, 0.5) is 0 Å². The molecule has 1 aromatic heterocycles. The molecule has 0 spiro atoms. The minimum Gasteiger partial charge on any atom is -0.329 e. The number of thioether (sulfide) groups is 1. The normalized spacial score (nSPS) is 12.4. The number of hydrogen-bond acceptors (Lipinski definition) is 3. The van der Waals surface area contributed by atoms with E-state index in [1.54, 1.807) is 6.20 Å². The maximum Gasteiger partial charge on any atom is 0.176 e. The molecule has 100 valence electrons. The van der Waals surface area contributed by atoms with Gasteiger partial charge >= 0.3 is 0 Å². The zero-order valence-corrected chi connectivity index (χ0v) is 12.5. The van der Waals surface area contributed by atoms with Gasteiger partial charge in [-0.3, -0.25) is 4.79 Å². The van der Waals surface area contributed by atoms with Crippen molar-refractivity contribution in [1.29, 1.82) is 0 Å². The predicted octanol–water partition coefficient (Wildman–Crippen LogP) is 3.40. The number of nitrogens with zero attached hydrogens (tertiary/aromatic N) is 2. The van der Waals surface area contributed by atoms with Crippen LogP contribution in [-0.2, 0) is 7.05 Å². The number of rotatable bonds is 4. The molecule has 0 aliphatic carbocycles. The van der Waals surface area contributed by atoms with Gasteiger partial charge in [0.15, 0.2) is 10.9 Å². The van der Waals surface area contributed by atoms with E-state index in [9.17, 15) is 4.79 Å². The zero-order chi connectivity index (χ0) is 14.0. The quantitative estimate of drug-likeness (QED) is 0.633. The van der Waals surface area contributed by atoms with E-state index in [4.69, 9.17) is 0 Å². The van der Waals surface area contributed by atoms with E-state index in [-0.39, 0.29) is 11.0 Å². The van der Waals surface area contributed by atoms with Gasteiger partial charge in [-0.1, -0.05) is 23.9 Å². The lowest BCUT2D eigenvalue weighted by Gasteiger charge is -2.11. The predicted molar refractivity (Wildman–Crippen MR) is 78.8 cm³/mol. The van der Waals surface area contributed by atoms with Crippen LogP contribution in [0.2, 0.25) is 0 Å². The van der Waals surface area contributed by atoms with Crippen molar-refractivity contribution in [3.8, 4) is 0 Å². The number of aromatic nitrogens is 2. The lowest BCUT2D eigenvalue weighted by atomic mass is 10.0. The number of carbonyl (C=O) groups excluding carboxylic acids is 1. The average molecular weight is 274 g/mol. The molecule has 0 unspecified atom stereocenters. The van der Waals surface area contributed by atoms with Crippen LogP contribution < -0.4 is 0 Å². The van der Waals surface area contributed by atoms with Crippen molar-refractivity contribution < 1.29 is 4.79 Å². The summed E-state index contributed by atoms with van der Waals surface area (Å²) >= 11 is 1.49. The van der Waals surface area contributed by atoms with Crippen molar-refractivity contribution in [1.82, 2.24) is 9.55 Å². The highest BCUT2D eigenvalue weighted by Gasteiger charge is 2.18. The second kappa shape index (κ2) is 5.61. The summed E-state index contributed by atoms with van der Waals surface area (Å²) < 4.78 is 1.93. The number of aryl methyl sites for hydroxylation is 3. The number of ketones is 1. The molecule has 1 aromatic carbocycles. The highest BCUT2D eigenvalue weighted by atomic mass is 32.2. The SMILES string of the molecule is Cc1ccc(C(=O)[C@@H](C)Sc2nccn2C)cc1C.